The van der Waals surface area contributed by atoms with Crippen molar-refractivity contribution in [2.24, 2.45) is 5.92 Å². The Morgan fingerprint density at radius 3 is 2.59 bits per heavy atom. The molecule has 1 rings (SSSR count). The lowest BCUT2D eigenvalue weighted by molar-refractivity contribution is -0.139. The number of nitrogens with one attached hydrogen (secondary N) is 1. The van der Waals surface area contributed by atoms with Crippen LogP contribution in [0, 0.1) is 12.8 Å². The van der Waals surface area contributed by atoms with E-state index in [-0.39, 0.29) is 11.6 Å². The highest BCUT2D eigenvalue weighted by Gasteiger charge is 2.23. The number of hydrogen-bond donors (Lipinski definition) is 2. The van der Waals surface area contributed by atoms with Gasteiger partial charge in [-0.15, -0.1) is 0 Å². The van der Waals surface area contributed by atoms with Gasteiger partial charge in [-0.05, 0) is 19.3 Å². The summed E-state index contributed by atoms with van der Waals surface area (Å²) in [6, 6.07) is 0.559. The fourth-order valence-electron chi connectivity index (χ4n) is 1.40. The SMILES string of the molecule is Cc1cc(C(=O)NC(CC(C)C)C(=O)O)no1. The normalized spacial score (nSPS) is 12.5. The van der Waals surface area contributed by atoms with Gasteiger partial charge in [-0.25, -0.2) is 4.79 Å². The predicted octanol–water partition coefficient (Wildman–Crippen LogP) is 1.21. The van der Waals surface area contributed by atoms with Crippen LogP contribution in [0.3, 0.4) is 0 Å². The first-order valence-corrected chi connectivity index (χ1v) is 5.37. The Hall–Kier alpha value is -1.85. The Bertz CT molecular complexity index is 411. The van der Waals surface area contributed by atoms with Crippen LogP contribution in [0.5, 0.6) is 0 Å². The molecule has 1 amide bonds. The zero-order valence-electron chi connectivity index (χ0n) is 10.1. The number of carboxylic acids is 1. The number of rotatable bonds is 5. The van der Waals surface area contributed by atoms with Gasteiger partial charge in [0, 0.05) is 6.07 Å². The van der Waals surface area contributed by atoms with Crippen LogP contribution in [-0.4, -0.2) is 28.2 Å². The van der Waals surface area contributed by atoms with Crippen molar-refractivity contribution in [3.63, 3.8) is 0 Å². The fraction of sp³-hybridized carbons (Fsp3) is 0.545. The van der Waals surface area contributed by atoms with Crippen molar-refractivity contribution in [2.45, 2.75) is 33.2 Å². The topological polar surface area (TPSA) is 92.4 Å². The summed E-state index contributed by atoms with van der Waals surface area (Å²) in [6.07, 6.45) is 0.373. The molecule has 0 aliphatic carbocycles. The molecule has 1 aromatic rings. The Kier molecular flexibility index (Phi) is 4.25. The summed E-state index contributed by atoms with van der Waals surface area (Å²) in [5.41, 5.74) is 0.0949. The lowest BCUT2D eigenvalue weighted by Crippen LogP contribution is -2.41. The molecule has 94 valence electrons. The molecular weight excluding hydrogens is 224 g/mol. The van der Waals surface area contributed by atoms with Crippen molar-refractivity contribution in [1.29, 1.82) is 0 Å². The highest BCUT2D eigenvalue weighted by Crippen LogP contribution is 2.07. The highest BCUT2D eigenvalue weighted by atomic mass is 16.5. The van der Waals surface area contributed by atoms with E-state index in [0.29, 0.717) is 12.2 Å². The smallest absolute Gasteiger partial charge is 0.326 e. The monoisotopic (exact) mass is 240 g/mol. The summed E-state index contributed by atoms with van der Waals surface area (Å²) in [5.74, 6) is -0.900. The zero-order chi connectivity index (χ0) is 13.0. The molecular formula is C11H16N2O4. The van der Waals surface area contributed by atoms with Gasteiger partial charge >= 0.3 is 5.97 Å². The molecule has 1 atom stereocenters. The van der Waals surface area contributed by atoms with Gasteiger partial charge < -0.3 is 14.9 Å². The second kappa shape index (κ2) is 5.47. The number of aliphatic carboxylic acids is 1. The number of aryl methyl sites for hydroxylation is 1. The van der Waals surface area contributed by atoms with Crippen molar-refractivity contribution < 1.29 is 19.2 Å². The van der Waals surface area contributed by atoms with Gasteiger partial charge in [0.05, 0.1) is 0 Å². The highest BCUT2D eigenvalue weighted by molar-refractivity contribution is 5.94. The quantitative estimate of drug-likeness (QED) is 0.807. The molecule has 0 saturated heterocycles. The summed E-state index contributed by atoms with van der Waals surface area (Å²) >= 11 is 0. The summed E-state index contributed by atoms with van der Waals surface area (Å²) in [5, 5.41) is 14.9. The fourth-order valence-corrected chi connectivity index (χ4v) is 1.40. The third kappa shape index (κ3) is 3.90. The molecule has 6 heteroatoms. The maximum Gasteiger partial charge on any atom is 0.326 e. The maximum absolute atomic E-state index is 11.7. The van der Waals surface area contributed by atoms with Crippen LogP contribution in [0.25, 0.3) is 0 Å². The van der Waals surface area contributed by atoms with E-state index in [1.807, 2.05) is 13.8 Å². The van der Waals surface area contributed by atoms with E-state index >= 15 is 0 Å². The molecule has 17 heavy (non-hydrogen) atoms. The van der Waals surface area contributed by atoms with Gasteiger partial charge in [0.1, 0.15) is 11.8 Å². The number of carbonyl (C=O) groups is 2. The van der Waals surface area contributed by atoms with E-state index in [1.165, 1.54) is 6.07 Å². The van der Waals surface area contributed by atoms with Crippen LogP contribution in [0.15, 0.2) is 10.6 Å². The third-order valence-electron chi connectivity index (χ3n) is 2.17. The number of nitrogens with zero attached hydrogens (tertiary/aromatic N) is 1. The molecule has 0 spiro atoms. The van der Waals surface area contributed by atoms with Gasteiger partial charge in [0.15, 0.2) is 5.69 Å². The van der Waals surface area contributed by atoms with Crippen LogP contribution in [-0.2, 0) is 4.79 Å². The van der Waals surface area contributed by atoms with Crippen molar-refractivity contribution in [1.82, 2.24) is 10.5 Å². The standard InChI is InChI=1S/C11H16N2O4/c1-6(2)4-9(11(15)16)12-10(14)8-5-7(3)17-13-8/h5-6,9H,4H2,1-3H3,(H,12,14)(H,15,16). The Morgan fingerprint density at radius 2 is 2.18 bits per heavy atom. The molecule has 0 bridgehead atoms. The minimum absolute atomic E-state index is 0.0949. The minimum atomic E-state index is -1.05. The van der Waals surface area contributed by atoms with E-state index < -0.39 is 17.9 Å². The van der Waals surface area contributed by atoms with Crippen molar-refractivity contribution >= 4 is 11.9 Å². The average molecular weight is 240 g/mol. The van der Waals surface area contributed by atoms with E-state index in [4.69, 9.17) is 9.63 Å². The molecule has 0 radical (unpaired) electrons. The molecule has 1 heterocycles. The molecule has 0 saturated carbocycles. The molecule has 0 aliphatic rings. The van der Waals surface area contributed by atoms with Gasteiger partial charge in [-0.2, -0.15) is 0 Å². The van der Waals surface area contributed by atoms with Crippen molar-refractivity contribution in [2.75, 3.05) is 0 Å². The van der Waals surface area contributed by atoms with Crippen LogP contribution < -0.4 is 5.32 Å². The number of amides is 1. The van der Waals surface area contributed by atoms with Crippen LogP contribution in [0.1, 0.15) is 36.5 Å². The Morgan fingerprint density at radius 1 is 1.53 bits per heavy atom. The third-order valence-corrected chi connectivity index (χ3v) is 2.17. The number of carboxylic acid groups (broad SMARTS) is 1. The lowest BCUT2D eigenvalue weighted by atomic mass is 10.0. The van der Waals surface area contributed by atoms with Crippen LogP contribution in [0.2, 0.25) is 0 Å². The predicted molar refractivity (Wildman–Crippen MR) is 59.6 cm³/mol. The van der Waals surface area contributed by atoms with Crippen molar-refractivity contribution in [3.8, 4) is 0 Å². The van der Waals surface area contributed by atoms with Gasteiger partial charge in [0.25, 0.3) is 5.91 Å². The Balaban J connectivity index is 2.67. The summed E-state index contributed by atoms with van der Waals surface area (Å²) in [6.45, 7) is 5.44. The summed E-state index contributed by atoms with van der Waals surface area (Å²) in [4.78, 5) is 22.6. The van der Waals surface area contributed by atoms with Crippen molar-refractivity contribution in [3.05, 3.63) is 17.5 Å². The first-order valence-electron chi connectivity index (χ1n) is 5.37. The Labute approximate surface area is 99.0 Å². The maximum atomic E-state index is 11.7. The molecule has 0 aliphatic heterocycles. The van der Waals surface area contributed by atoms with Crippen LogP contribution in [0.4, 0.5) is 0 Å². The van der Waals surface area contributed by atoms with E-state index in [0.717, 1.165) is 0 Å². The number of aromatic nitrogens is 1. The average Bonchev–Trinajstić information content (AvgIpc) is 2.63. The lowest BCUT2D eigenvalue weighted by Gasteiger charge is -2.15. The zero-order valence-corrected chi connectivity index (χ0v) is 10.1. The molecule has 2 N–H and O–H groups in total. The second-order valence-corrected chi connectivity index (χ2v) is 4.32. The molecule has 0 fully saturated rings. The largest absolute Gasteiger partial charge is 0.480 e. The van der Waals surface area contributed by atoms with E-state index in [9.17, 15) is 9.59 Å². The van der Waals surface area contributed by atoms with E-state index in [2.05, 4.69) is 10.5 Å². The van der Waals surface area contributed by atoms with Gasteiger partial charge in [0.2, 0.25) is 0 Å². The summed E-state index contributed by atoms with van der Waals surface area (Å²) < 4.78 is 4.75. The van der Waals surface area contributed by atoms with Gasteiger partial charge in [-0.3, -0.25) is 4.79 Å². The number of hydrogen-bond acceptors (Lipinski definition) is 4. The second-order valence-electron chi connectivity index (χ2n) is 4.32. The van der Waals surface area contributed by atoms with Crippen LogP contribution >= 0.6 is 0 Å². The first kappa shape index (κ1) is 13.2. The number of carbonyl (C=O) groups excluding carboxylic acids is 1. The van der Waals surface area contributed by atoms with Gasteiger partial charge in [-0.1, -0.05) is 19.0 Å². The van der Waals surface area contributed by atoms with E-state index in [1.54, 1.807) is 6.92 Å². The molecule has 0 aromatic carbocycles. The summed E-state index contributed by atoms with van der Waals surface area (Å²) in [7, 11) is 0. The molecule has 1 unspecified atom stereocenters. The minimum Gasteiger partial charge on any atom is -0.480 e. The molecule has 6 nitrogen and oxygen atoms in total. The first-order chi connectivity index (χ1) is 7.90. The molecule has 1 aromatic heterocycles.